The lowest BCUT2D eigenvalue weighted by molar-refractivity contribution is 0.128. The minimum Gasteiger partial charge on any atom is -0.380 e. The van der Waals surface area contributed by atoms with Crippen LogP contribution in [0.4, 0.5) is 5.82 Å². The van der Waals surface area contributed by atoms with E-state index in [1.54, 1.807) is 13.3 Å². The number of rotatable bonds is 4. The quantitative estimate of drug-likeness (QED) is 0.860. The first-order valence-electron chi connectivity index (χ1n) is 4.08. The molecule has 0 saturated heterocycles. The third-order valence-electron chi connectivity index (χ3n) is 1.67. The fourth-order valence-corrected chi connectivity index (χ4v) is 1.26. The second kappa shape index (κ2) is 5.48. The first-order valence-corrected chi connectivity index (χ1v) is 5.25. The molecular weight excluding hydrogens is 269 g/mol. The number of halogens is 2. The molecule has 0 saturated carbocycles. The molecule has 78 valence electrons. The number of aromatic nitrogens is 2. The average Bonchev–Trinajstić information content (AvgIpc) is 2.19. The van der Waals surface area contributed by atoms with Crippen molar-refractivity contribution in [3.63, 3.8) is 0 Å². The van der Waals surface area contributed by atoms with Crippen molar-refractivity contribution < 1.29 is 4.74 Å². The van der Waals surface area contributed by atoms with Crippen LogP contribution in [0.5, 0.6) is 0 Å². The first kappa shape index (κ1) is 11.7. The maximum Gasteiger partial charge on any atom is 0.224 e. The predicted octanol–water partition coefficient (Wildman–Crippen LogP) is 2.34. The maximum atomic E-state index is 5.65. The van der Waals surface area contributed by atoms with Gasteiger partial charge in [0.25, 0.3) is 0 Å². The number of hydrogen-bond donors (Lipinski definition) is 1. The fourth-order valence-electron chi connectivity index (χ4n) is 0.793. The molecule has 0 aromatic carbocycles. The zero-order valence-electron chi connectivity index (χ0n) is 7.92. The van der Waals surface area contributed by atoms with Crippen LogP contribution in [-0.4, -0.2) is 29.7 Å². The summed E-state index contributed by atoms with van der Waals surface area (Å²) in [7, 11) is 1.66. The van der Waals surface area contributed by atoms with Crippen LogP contribution in [0, 0.1) is 0 Å². The van der Waals surface area contributed by atoms with Crippen LogP contribution in [0.1, 0.15) is 6.92 Å². The van der Waals surface area contributed by atoms with E-state index >= 15 is 0 Å². The van der Waals surface area contributed by atoms with Gasteiger partial charge in [-0.15, -0.1) is 0 Å². The van der Waals surface area contributed by atoms with Crippen molar-refractivity contribution in [2.75, 3.05) is 19.0 Å². The Morgan fingerprint density at radius 3 is 3.07 bits per heavy atom. The van der Waals surface area contributed by atoms with E-state index in [1.807, 2.05) is 6.92 Å². The molecule has 14 heavy (non-hydrogen) atoms. The van der Waals surface area contributed by atoms with Crippen molar-refractivity contribution in [3.8, 4) is 0 Å². The third kappa shape index (κ3) is 3.40. The monoisotopic (exact) mass is 279 g/mol. The minimum atomic E-state index is 0.121. The van der Waals surface area contributed by atoms with E-state index in [-0.39, 0.29) is 11.4 Å². The van der Waals surface area contributed by atoms with E-state index in [2.05, 4.69) is 31.2 Å². The number of nitrogens with zero attached hydrogens (tertiary/aromatic N) is 2. The molecule has 1 heterocycles. The smallest absolute Gasteiger partial charge is 0.224 e. The highest BCUT2D eigenvalue weighted by molar-refractivity contribution is 9.10. The first-order chi connectivity index (χ1) is 6.63. The summed E-state index contributed by atoms with van der Waals surface area (Å²) in [5.74, 6) is 0.675. The highest BCUT2D eigenvalue weighted by atomic mass is 79.9. The summed E-state index contributed by atoms with van der Waals surface area (Å²) in [5.41, 5.74) is 0. The van der Waals surface area contributed by atoms with E-state index in [9.17, 15) is 0 Å². The van der Waals surface area contributed by atoms with Gasteiger partial charge in [-0.05, 0) is 34.5 Å². The zero-order chi connectivity index (χ0) is 10.6. The molecule has 6 heteroatoms. The van der Waals surface area contributed by atoms with E-state index in [4.69, 9.17) is 16.3 Å². The molecule has 0 fully saturated rings. The Morgan fingerprint density at radius 2 is 2.43 bits per heavy atom. The molecule has 1 atom stereocenters. The van der Waals surface area contributed by atoms with E-state index < -0.39 is 0 Å². The number of ether oxygens (including phenoxy) is 1. The fraction of sp³-hybridized carbons (Fsp3) is 0.500. The molecule has 0 aliphatic heterocycles. The number of nitrogens with one attached hydrogen (secondary N) is 1. The minimum absolute atomic E-state index is 0.121. The van der Waals surface area contributed by atoms with Gasteiger partial charge in [0.1, 0.15) is 5.82 Å². The summed E-state index contributed by atoms with van der Waals surface area (Å²) in [5, 5.41) is 3.32. The maximum absolute atomic E-state index is 5.65. The summed E-state index contributed by atoms with van der Waals surface area (Å²) in [4.78, 5) is 7.84. The highest BCUT2D eigenvalue weighted by Crippen LogP contribution is 2.19. The SMILES string of the molecule is COC(C)CNc1nc(Cl)ncc1Br. The summed E-state index contributed by atoms with van der Waals surface area (Å²) in [6, 6.07) is 0. The summed E-state index contributed by atoms with van der Waals surface area (Å²) >= 11 is 8.97. The molecule has 4 nitrogen and oxygen atoms in total. The van der Waals surface area contributed by atoms with Crippen LogP contribution in [0.3, 0.4) is 0 Å². The molecule has 1 aromatic heterocycles. The normalized spacial score (nSPS) is 12.6. The van der Waals surface area contributed by atoms with Crippen molar-refractivity contribution >= 4 is 33.3 Å². The number of hydrogen-bond acceptors (Lipinski definition) is 4. The lowest BCUT2D eigenvalue weighted by Gasteiger charge is -2.11. The van der Waals surface area contributed by atoms with Gasteiger partial charge >= 0.3 is 0 Å². The Balaban J connectivity index is 2.62. The van der Waals surface area contributed by atoms with Gasteiger partial charge in [0.05, 0.1) is 10.6 Å². The Labute approximate surface area is 96.2 Å². The average molecular weight is 281 g/mol. The molecule has 1 N–H and O–H groups in total. The van der Waals surface area contributed by atoms with Gasteiger partial charge in [-0.3, -0.25) is 0 Å². The van der Waals surface area contributed by atoms with Gasteiger partial charge in [-0.2, -0.15) is 4.98 Å². The van der Waals surface area contributed by atoms with Gasteiger partial charge in [0, 0.05) is 19.9 Å². The van der Waals surface area contributed by atoms with E-state index in [0.717, 1.165) is 4.47 Å². The lowest BCUT2D eigenvalue weighted by atomic mass is 10.4. The Bertz CT molecular complexity index is 311. The topological polar surface area (TPSA) is 47.0 Å². The molecule has 0 radical (unpaired) electrons. The molecule has 0 aliphatic carbocycles. The largest absolute Gasteiger partial charge is 0.380 e. The molecule has 0 spiro atoms. The van der Waals surface area contributed by atoms with Crippen LogP contribution >= 0.6 is 27.5 Å². The Kier molecular flexibility index (Phi) is 4.57. The zero-order valence-corrected chi connectivity index (χ0v) is 10.3. The number of methoxy groups -OCH3 is 1. The van der Waals surface area contributed by atoms with Gasteiger partial charge in [0.15, 0.2) is 0 Å². The van der Waals surface area contributed by atoms with Crippen molar-refractivity contribution in [2.45, 2.75) is 13.0 Å². The summed E-state index contributed by atoms with van der Waals surface area (Å²) < 4.78 is 5.87. The Morgan fingerprint density at radius 1 is 1.71 bits per heavy atom. The van der Waals surface area contributed by atoms with Gasteiger partial charge < -0.3 is 10.1 Å². The Hall–Kier alpha value is -0.390. The molecule has 1 aromatic rings. The van der Waals surface area contributed by atoms with E-state index in [0.29, 0.717) is 12.4 Å². The predicted molar refractivity (Wildman–Crippen MR) is 59.7 cm³/mol. The molecule has 1 unspecified atom stereocenters. The molecule has 0 bridgehead atoms. The second-order valence-electron chi connectivity index (χ2n) is 2.76. The van der Waals surface area contributed by atoms with Crippen LogP contribution in [0.2, 0.25) is 5.28 Å². The second-order valence-corrected chi connectivity index (χ2v) is 3.96. The van der Waals surface area contributed by atoms with Gasteiger partial charge in [0.2, 0.25) is 5.28 Å². The molecule has 0 amide bonds. The molecule has 1 rings (SSSR count). The van der Waals surface area contributed by atoms with E-state index in [1.165, 1.54) is 0 Å². The number of anilines is 1. The van der Waals surface area contributed by atoms with Gasteiger partial charge in [-0.25, -0.2) is 4.98 Å². The standard InChI is InChI=1S/C8H11BrClN3O/c1-5(14-2)3-11-7-6(9)4-12-8(10)13-7/h4-5H,3H2,1-2H3,(H,11,12,13). The van der Waals surface area contributed by atoms with Crippen molar-refractivity contribution in [2.24, 2.45) is 0 Å². The van der Waals surface area contributed by atoms with Crippen molar-refractivity contribution in [1.29, 1.82) is 0 Å². The third-order valence-corrected chi connectivity index (χ3v) is 2.44. The highest BCUT2D eigenvalue weighted by Gasteiger charge is 2.05. The summed E-state index contributed by atoms with van der Waals surface area (Å²) in [6.45, 7) is 2.63. The molecular formula is C8H11BrClN3O. The van der Waals surface area contributed by atoms with Crippen molar-refractivity contribution in [1.82, 2.24) is 9.97 Å². The lowest BCUT2D eigenvalue weighted by Crippen LogP contribution is -2.19. The van der Waals surface area contributed by atoms with Crippen LogP contribution in [0.15, 0.2) is 10.7 Å². The van der Waals surface area contributed by atoms with Crippen LogP contribution < -0.4 is 5.32 Å². The van der Waals surface area contributed by atoms with Crippen LogP contribution in [-0.2, 0) is 4.74 Å². The van der Waals surface area contributed by atoms with Crippen molar-refractivity contribution in [3.05, 3.63) is 16.0 Å². The van der Waals surface area contributed by atoms with Crippen LogP contribution in [0.25, 0.3) is 0 Å². The summed E-state index contributed by atoms with van der Waals surface area (Å²) in [6.07, 6.45) is 1.73. The van der Waals surface area contributed by atoms with Gasteiger partial charge in [-0.1, -0.05) is 0 Å². The molecule has 0 aliphatic rings.